The maximum absolute atomic E-state index is 13.0. The maximum atomic E-state index is 13.0. The van der Waals surface area contributed by atoms with Crippen molar-refractivity contribution >= 4 is 17.6 Å². The molecule has 5 nitrogen and oxygen atoms in total. The van der Waals surface area contributed by atoms with Crippen LogP contribution in [0.3, 0.4) is 0 Å². The molecule has 1 aromatic rings. The second-order valence-corrected chi connectivity index (χ2v) is 7.09. The molecule has 1 aromatic carbocycles. The number of anilines is 1. The average molecular weight is 347 g/mol. The van der Waals surface area contributed by atoms with Crippen molar-refractivity contribution in [3.05, 3.63) is 30.1 Å². The molecule has 1 atom stereocenters. The highest BCUT2D eigenvalue weighted by Crippen LogP contribution is 2.27. The van der Waals surface area contributed by atoms with Gasteiger partial charge < -0.3 is 10.2 Å². The molecule has 2 fully saturated rings. The molecule has 2 aliphatic rings. The Morgan fingerprint density at radius 3 is 2.48 bits per heavy atom. The van der Waals surface area contributed by atoms with E-state index < -0.39 is 0 Å². The van der Waals surface area contributed by atoms with Gasteiger partial charge in [0.2, 0.25) is 5.91 Å². The number of carbonyl (C=O) groups excluding carboxylic acids is 2. The molecular formula is C19H26FN3O2. The van der Waals surface area contributed by atoms with Gasteiger partial charge in [0.05, 0.1) is 0 Å². The van der Waals surface area contributed by atoms with Crippen molar-refractivity contribution in [1.29, 1.82) is 0 Å². The third-order valence-electron chi connectivity index (χ3n) is 5.30. The van der Waals surface area contributed by atoms with Gasteiger partial charge in [-0.3, -0.25) is 9.69 Å². The first kappa shape index (κ1) is 17.7. The molecule has 1 N–H and O–H groups in total. The number of likely N-dealkylation sites (tertiary alicyclic amines) is 1. The molecule has 0 bridgehead atoms. The smallest absolute Gasteiger partial charge is 0.321 e. The lowest BCUT2D eigenvalue weighted by molar-refractivity contribution is -0.135. The molecule has 1 saturated carbocycles. The summed E-state index contributed by atoms with van der Waals surface area (Å²) in [6.45, 7) is 1.29. The van der Waals surface area contributed by atoms with E-state index in [2.05, 4.69) is 5.32 Å². The highest BCUT2D eigenvalue weighted by atomic mass is 19.1. The van der Waals surface area contributed by atoms with E-state index in [1.54, 1.807) is 19.2 Å². The van der Waals surface area contributed by atoms with Crippen LogP contribution in [0.25, 0.3) is 0 Å². The number of carbonyl (C=O) groups is 2. The summed E-state index contributed by atoms with van der Waals surface area (Å²) in [5, 5.41) is 2.98. The second-order valence-electron chi connectivity index (χ2n) is 7.09. The minimum absolute atomic E-state index is 0.0251. The molecule has 136 valence electrons. The van der Waals surface area contributed by atoms with E-state index in [9.17, 15) is 14.0 Å². The van der Waals surface area contributed by atoms with Crippen LogP contribution in [-0.4, -0.2) is 43.0 Å². The second kappa shape index (κ2) is 7.85. The predicted octanol–water partition coefficient (Wildman–Crippen LogP) is 3.15. The maximum Gasteiger partial charge on any atom is 0.321 e. The van der Waals surface area contributed by atoms with Crippen molar-refractivity contribution in [2.45, 2.75) is 44.6 Å². The van der Waals surface area contributed by atoms with Gasteiger partial charge in [-0.1, -0.05) is 19.3 Å². The standard InChI is InChI=1S/C19H26FN3O2/c1-22(17-9-7-15(20)8-10-17)19(25)21-16-11-12-23(13-16)18(24)14-5-3-2-4-6-14/h7-10,14,16H,2-6,11-13H2,1H3,(H,21,25)/t16-/m0/s1. The quantitative estimate of drug-likeness (QED) is 0.913. The summed E-state index contributed by atoms with van der Waals surface area (Å²) >= 11 is 0. The molecule has 0 aromatic heterocycles. The van der Waals surface area contributed by atoms with Crippen LogP contribution in [0, 0.1) is 11.7 Å². The zero-order valence-electron chi connectivity index (χ0n) is 14.7. The molecule has 1 aliphatic heterocycles. The van der Waals surface area contributed by atoms with E-state index >= 15 is 0 Å². The van der Waals surface area contributed by atoms with E-state index in [0.29, 0.717) is 18.8 Å². The molecule has 0 radical (unpaired) electrons. The van der Waals surface area contributed by atoms with Crippen molar-refractivity contribution in [2.75, 3.05) is 25.0 Å². The largest absolute Gasteiger partial charge is 0.340 e. The summed E-state index contributed by atoms with van der Waals surface area (Å²) in [5.74, 6) is 0.0960. The lowest BCUT2D eigenvalue weighted by Crippen LogP contribution is -2.45. The Balaban J connectivity index is 1.51. The fourth-order valence-electron chi connectivity index (χ4n) is 3.74. The van der Waals surface area contributed by atoms with Crippen molar-refractivity contribution in [3.63, 3.8) is 0 Å². The molecule has 6 heteroatoms. The molecule has 0 unspecified atom stereocenters. The van der Waals surface area contributed by atoms with Crippen LogP contribution in [0.1, 0.15) is 38.5 Å². The fourth-order valence-corrected chi connectivity index (χ4v) is 3.74. The molecule has 25 heavy (non-hydrogen) atoms. The molecule has 1 heterocycles. The minimum atomic E-state index is -0.329. The monoisotopic (exact) mass is 347 g/mol. The van der Waals surface area contributed by atoms with E-state index in [-0.39, 0.29) is 29.7 Å². The lowest BCUT2D eigenvalue weighted by Gasteiger charge is -2.26. The zero-order chi connectivity index (χ0) is 17.8. The average Bonchev–Trinajstić information content (AvgIpc) is 3.10. The summed E-state index contributed by atoms with van der Waals surface area (Å²) in [4.78, 5) is 28.3. The van der Waals surface area contributed by atoms with Crippen molar-refractivity contribution in [3.8, 4) is 0 Å². The van der Waals surface area contributed by atoms with Crippen LogP contribution in [-0.2, 0) is 4.79 Å². The third kappa shape index (κ3) is 4.30. The van der Waals surface area contributed by atoms with Gasteiger partial charge in [-0.25, -0.2) is 9.18 Å². The number of amides is 3. The normalized spacial score (nSPS) is 21.2. The van der Waals surface area contributed by atoms with Gasteiger partial charge >= 0.3 is 6.03 Å². The topological polar surface area (TPSA) is 52.7 Å². The van der Waals surface area contributed by atoms with Gasteiger partial charge in [-0.2, -0.15) is 0 Å². The number of halogens is 1. The van der Waals surface area contributed by atoms with Gasteiger partial charge in [0.1, 0.15) is 5.82 Å². The highest BCUT2D eigenvalue weighted by molar-refractivity contribution is 5.91. The number of benzene rings is 1. The van der Waals surface area contributed by atoms with Crippen LogP contribution in [0.2, 0.25) is 0 Å². The number of urea groups is 1. The summed E-state index contributed by atoms with van der Waals surface area (Å²) in [7, 11) is 1.66. The Morgan fingerprint density at radius 2 is 1.80 bits per heavy atom. The van der Waals surface area contributed by atoms with Gasteiger partial charge in [0, 0.05) is 37.8 Å². The Kier molecular flexibility index (Phi) is 5.56. The van der Waals surface area contributed by atoms with Gasteiger partial charge in [0.25, 0.3) is 0 Å². The number of hydrogen-bond acceptors (Lipinski definition) is 2. The SMILES string of the molecule is CN(C(=O)N[C@H]1CCN(C(=O)C2CCCCC2)C1)c1ccc(F)cc1. The summed E-state index contributed by atoms with van der Waals surface area (Å²) in [6.07, 6.45) is 6.30. The lowest BCUT2D eigenvalue weighted by atomic mass is 9.88. The van der Waals surface area contributed by atoms with Crippen LogP contribution in [0.4, 0.5) is 14.9 Å². The highest BCUT2D eigenvalue weighted by Gasteiger charge is 2.32. The van der Waals surface area contributed by atoms with Crippen molar-refractivity contribution in [1.82, 2.24) is 10.2 Å². The summed E-state index contributed by atoms with van der Waals surface area (Å²) < 4.78 is 13.0. The number of hydrogen-bond donors (Lipinski definition) is 1. The Labute approximate surface area is 148 Å². The predicted molar refractivity (Wildman–Crippen MR) is 94.9 cm³/mol. The first-order valence-corrected chi connectivity index (χ1v) is 9.13. The molecular weight excluding hydrogens is 321 g/mol. The third-order valence-corrected chi connectivity index (χ3v) is 5.30. The minimum Gasteiger partial charge on any atom is -0.340 e. The molecule has 1 saturated heterocycles. The zero-order valence-corrected chi connectivity index (χ0v) is 14.7. The number of nitrogens with one attached hydrogen (secondary N) is 1. The Hall–Kier alpha value is -2.11. The van der Waals surface area contributed by atoms with Crippen LogP contribution >= 0.6 is 0 Å². The number of rotatable bonds is 3. The molecule has 1 aliphatic carbocycles. The van der Waals surface area contributed by atoms with E-state index in [1.165, 1.54) is 23.5 Å². The van der Waals surface area contributed by atoms with E-state index in [0.717, 1.165) is 32.1 Å². The van der Waals surface area contributed by atoms with Gasteiger partial charge in [-0.05, 0) is 43.5 Å². The summed E-state index contributed by atoms with van der Waals surface area (Å²) in [5.41, 5.74) is 0.632. The Morgan fingerprint density at radius 1 is 1.12 bits per heavy atom. The molecule has 0 spiro atoms. The van der Waals surface area contributed by atoms with Crippen LogP contribution in [0.15, 0.2) is 24.3 Å². The van der Waals surface area contributed by atoms with Crippen molar-refractivity contribution in [2.24, 2.45) is 5.92 Å². The summed E-state index contributed by atoms with van der Waals surface area (Å²) in [6, 6.07) is 5.55. The van der Waals surface area contributed by atoms with Crippen LogP contribution < -0.4 is 10.2 Å². The Bertz CT molecular complexity index is 614. The first-order valence-electron chi connectivity index (χ1n) is 9.13. The molecule has 3 amide bonds. The first-order chi connectivity index (χ1) is 12.0. The van der Waals surface area contributed by atoms with Gasteiger partial charge in [0.15, 0.2) is 0 Å². The van der Waals surface area contributed by atoms with Crippen molar-refractivity contribution < 1.29 is 14.0 Å². The van der Waals surface area contributed by atoms with E-state index in [4.69, 9.17) is 0 Å². The number of nitrogens with zero attached hydrogens (tertiary/aromatic N) is 2. The van der Waals surface area contributed by atoms with E-state index in [1.807, 2.05) is 4.90 Å². The van der Waals surface area contributed by atoms with Crippen LogP contribution in [0.5, 0.6) is 0 Å². The fraction of sp³-hybridized carbons (Fsp3) is 0.579. The molecule has 3 rings (SSSR count). The van der Waals surface area contributed by atoms with Gasteiger partial charge in [-0.15, -0.1) is 0 Å².